The van der Waals surface area contributed by atoms with Crippen LogP contribution in [0.25, 0.3) is 22.6 Å². The number of aromatic nitrogens is 5. The number of anilines is 1. The van der Waals surface area contributed by atoms with Crippen LogP contribution >= 0.6 is 0 Å². The number of piperidine rings is 1. The Bertz CT molecular complexity index is 1150. The van der Waals surface area contributed by atoms with Crippen LogP contribution < -0.4 is 5.73 Å². The van der Waals surface area contributed by atoms with E-state index in [1.54, 1.807) is 24.6 Å². The minimum absolute atomic E-state index is 0.206. The highest BCUT2D eigenvalue weighted by Crippen LogP contribution is 2.35. The van der Waals surface area contributed by atoms with E-state index in [4.69, 9.17) is 10.3 Å². The fourth-order valence-corrected chi connectivity index (χ4v) is 4.12. The lowest BCUT2D eigenvalue weighted by Crippen LogP contribution is -2.34. The molecular formula is C22H22FN7O. The summed E-state index contributed by atoms with van der Waals surface area (Å²) in [6.45, 7) is 2.66. The first-order valence-electron chi connectivity index (χ1n) is 10.2. The van der Waals surface area contributed by atoms with Gasteiger partial charge in [-0.15, -0.1) is 0 Å². The molecule has 0 radical (unpaired) electrons. The van der Waals surface area contributed by atoms with Gasteiger partial charge in [-0.1, -0.05) is 5.16 Å². The average Bonchev–Trinajstić information content (AvgIpc) is 3.45. The summed E-state index contributed by atoms with van der Waals surface area (Å²) in [5.74, 6) is -0.0757. The number of halogens is 1. The Kier molecular flexibility index (Phi) is 5.17. The highest BCUT2D eigenvalue weighted by Gasteiger charge is 2.26. The second-order valence-corrected chi connectivity index (χ2v) is 7.65. The number of hydrogen-bond acceptors (Lipinski definition) is 7. The van der Waals surface area contributed by atoms with Gasteiger partial charge in [-0.25, -0.2) is 19.3 Å². The van der Waals surface area contributed by atoms with Crippen molar-refractivity contribution in [2.75, 3.05) is 18.8 Å². The van der Waals surface area contributed by atoms with Crippen LogP contribution in [0.4, 0.5) is 10.3 Å². The summed E-state index contributed by atoms with van der Waals surface area (Å²) in [5.41, 5.74) is 9.96. The first-order valence-corrected chi connectivity index (χ1v) is 10.2. The van der Waals surface area contributed by atoms with Crippen LogP contribution in [0.5, 0.6) is 0 Å². The van der Waals surface area contributed by atoms with E-state index in [9.17, 15) is 4.39 Å². The number of imidazole rings is 1. The normalized spacial score (nSPS) is 15.4. The Morgan fingerprint density at radius 2 is 1.87 bits per heavy atom. The lowest BCUT2D eigenvalue weighted by atomic mass is 10.0. The molecule has 31 heavy (non-hydrogen) atoms. The summed E-state index contributed by atoms with van der Waals surface area (Å²) >= 11 is 0. The lowest BCUT2D eigenvalue weighted by Gasteiger charge is -2.32. The van der Waals surface area contributed by atoms with E-state index in [1.165, 1.54) is 12.1 Å². The fourth-order valence-electron chi connectivity index (χ4n) is 4.12. The molecule has 2 N–H and O–H groups in total. The van der Waals surface area contributed by atoms with Crippen molar-refractivity contribution < 1.29 is 8.91 Å². The highest BCUT2D eigenvalue weighted by molar-refractivity contribution is 5.77. The first-order chi connectivity index (χ1) is 15.2. The molecule has 158 valence electrons. The zero-order valence-corrected chi connectivity index (χ0v) is 16.9. The predicted molar refractivity (Wildman–Crippen MR) is 113 cm³/mol. The van der Waals surface area contributed by atoms with E-state index in [0.717, 1.165) is 55.1 Å². The quantitative estimate of drug-likeness (QED) is 0.528. The molecular weight excluding hydrogens is 397 g/mol. The second-order valence-electron chi connectivity index (χ2n) is 7.65. The molecule has 8 nitrogen and oxygen atoms in total. The third-order valence-corrected chi connectivity index (χ3v) is 5.66. The molecule has 9 heteroatoms. The SMILES string of the molecule is Nc1nccc(-c2c(-c3ccc(F)cc3)ncn2C2CCN(Cc3ccon3)CC2)n1. The van der Waals surface area contributed by atoms with Gasteiger partial charge < -0.3 is 14.8 Å². The number of nitrogens with two attached hydrogens (primary N) is 1. The zero-order chi connectivity index (χ0) is 21.2. The number of likely N-dealkylation sites (tertiary alicyclic amines) is 1. The van der Waals surface area contributed by atoms with Gasteiger partial charge in [0.05, 0.1) is 29.1 Å². The minimum Gasteiger partial charge on any atom is -0.368 e. The molecule has 0 amide bonds. The molecule has 1 aromatic carbocycles. The van der Waals surface area contributed by atoms with Gasteiger partial charge in [0.1, 0.15) is 12.1 Å². The van der Waals surface area contributed by atoms with Gasteiger partial charge in [-0.2, -0.15) is 0 Å². The van der Waals surface area contributed by atoms with Gasteiger partial charge in [-0.3, -0.25) is 4.90 Å². The summed E-state index contributed by atoms with van der Waals surface area (Å²) in [5, 5.41) is 4.01. The molecule has 1 fully saturated rings. The first kappa shape index (κ1) is 19.4. The van der Waals surface area contributed by atoms with Gasteiger partial charge in [0.15, 0.2) is 0 Å². The topological polar surface area (TPSA) is 98.9 Å². The van der Waals surface area contributed by atoms with Crippen molar-refractivity contribution in [2.45, 2.75) is 25.4 Å². The molecule has 0 saturated carbocycles. The molecule has 4 aromatic rings. The van der Waals surface area contributed by atoms with Crippen molar-refractivity contribution in [3.63, 3.8) is 0 Å². The Labute approximate surface area is 178 Å². The van der Waals surface area contributed by atoms with E-state index >= 15 is 0 Å². The fraction of sp³-hybridized carbons (Fsp3) is 0.273. The van der Waals surface area contributed by atoms with Gasteiger partial charge >= 0.3 is 0 Å². The van der Waals surface area contributed by atoms with Gasteiger partial charge in [0.25, 0.3) is 0 Å². The average molecular weight is 419 g/mol. The zero-order valence-electron chi connectivity index (χ0n) is 16.9. The monoisotopic (exact) mass is 419 g/mol. The molecule has 1 aliphatic heterocycles. The van der Waals surface area contributed by atoms with Crippen LogP contribution in [0.3, 0.4) is 0 Å². The van der Waals surface area contributed by atoms with E-state index in [0.29, 0.717) is 5.69 Å². The van der Waals surface area contributed by atoms with E-state index in [-0.39, 0.29) is 17.8 Å². The molecule has 0 aliphatic carbocycles. The van der Waals surface area contributed by atoms with Crippen LogP contribution in [0.2, 0.25) is 0 Å². The molecule has 4 heterocycles. The number of nitrogen functional groups attached to an aromatic ring is 1. The molecule has 3 aromatic heterocycles. The maximum atomic E-state index is 13.5. The highest BCUT2D eigenvalue weighted by atomic mass is 19.1. The Balaban J connectivity index is 1.45. The number of nitrogens with zero attached hydrogens (tertiary/aromatic N) is 6. The van der Waals surface area contributed by atoms with Crippen LogP contribution in [-0.4, -0.2) is 42.7 Å². The molecule has 1 saturated heterocycles. The van der Waals surface area contributed by atoms with Gasteiger partial charge in [0, 0.05) is 43.5 Å². The van der Waals surface area contributed by atoms with Crippen LogP contribution in [0, 0.1) is 5.82 Å². The molecule has 5 rings (SSSR count). The summed E-state index contributed by atoms with van der Waals surface area (Å²) < 4.78 is 20.6. The lowest BCUT2D eigenvalue weighted by molar-refractivity contribution is 0.176. The van der Waals surface area contributed by atoms with Crippen molar-refractivity contribution in [3.8, 4) is 22.6 Å². The summed E-state index contributed by atoms with van der Waals surface area (Å²) in [4.78, 5) is 15.5. The van der Waals surface area contributed by atoms with Crippen LogP contribution in [-0.2, 0) is 6.54 Å². The molecule has 0 spiro atoms. The molecule has 0 bridgehead atoms. The van der Waals surface area contributed by atoms with E-state index in [2.05, 4.69) is 29.6 Å². The minimum atomic E-state index is -0.282. The Morgan fingerprint density at radius 1 is 1.06 bits per heavy atom. The van der Waals surface area contributed by atoms with Gasteiger partial charge in [-0.05, 0) is 43.2 Å². The Hall–Kier alpha value is -3.59. The summed E-state index contributed by atoms with van der Waals surface area (Å²) in [6, 6.07) is 10.3. The smallest absolute Gasteiger partial charge is 0.220 e. The third-order valence-electron chi connectivity index (χ3n) is 5.66. The van der Waals surface area contributed by atoms with Crippen molar-refractivity contribution >= 4 is 5.95 Å². The molecule has 0 unspecified atom stereocenters. The maximum Gasteiger partial charge on any atom is 0.220 e. The van der Waals surface area contributed by atoms with Crippen molar-refractivity contribution in [2.24, 2.45) is 0 Å². The standard InChI is InChI=1S/C22H22FN7O/c23-16-3-1-15(2-4-16)20-21(19-5-9-25-22(24)27-19)30(14-26-20)18-6-10-29(11-7-18)13-17-8-12-31-28-17/h1-5,8-9,12,14,18H,6-7,10-11,13H2,(H2,24,25,27). The number of benzene rings is 1. The summed E-state index contributed by atoms with van der Waals surface area (Å²) in [6.07, 6.45) is 7.02. The van der Waals surface area contributed by atoms with Crippen molar-refractivity contribution in [1.29, 1.82) is 0 Å². The van der Waals surface area contributed by atoms with Crippen LogP contribution in [0.1, 0.15) is 24.6 Å². The largest absolute Gasteiger partial charge is 0.368 e. The second kappa shape index (κ2) is 8.27. The van der Waals surface area contributed by atoms with Crippen LogP contribution in [0.15, 0.2) is 59.7 Å². The number of rotatable bonds is 5. The predicted octanol–water partition coefficient (Wildman–Crippen LogP) is 3.55. The maximum absolute atomic E-state index is 13.5. The Morgan fingerprint density at radius 3 is 2.58 bits per heavy atom. The number of hydrogen-bond donors (Lipinski definition) is 1. The third kappa shape index (κ3) is 4.04. The van der Waals surface area contributed by atoms with Crippen molar-refractivity contribution in [1.82, 2.24) is 29.6 Å². The molecule has 1 aliphatic rings. The molecule has 0 atom stereocenters. The summed E-state index contributed by atoms with van der Waals surface area (Å²) in [7, 11) is 0. The van der Waals surface area contributed by atoms with Crippen molar-refractivity contribution in [3.05, 3.63) is 66.7 Å². The van der Waals surface area contributed by atoms with E-state index in [1.807, 2.05) is 18.5 Å². The van der Waals surface area contributed by atoms with Gasteiger partial charge in [0.2, 0.25) is 5.95 Å². The van der Waals surface area contributed by atoms with E-state index < -0.39 is 0 Å².